The van der Waals surface area contributed by atoms with E-state index >= 15 is 0 Å². The van der Waals surface area contributed by atoms with Gasteiger partial charge in [0, 0.05) is 17.3 Å². The Labute approximate surface area is 165 Å². The number of para-hydroxylation sites is 1. The van der Waals surface area contributed by atoms with Crippen molar-refractivity contribution in [3.63, 3.8) is 0 Å². The molecule has 3 aromatic carbocycles. The van der Waals surface area contributed by atoms with Gasteiger partial charge < -0.3 is 5.32 Å². The number of rotatable bonds is 5. The molecule has 0 fully saturated rings. The number of benzene rings is 3. The van der Waals surface area contributed by atoms with Gasteiger partial charge in [-0.25, -0.2) is 25.9 Å². The van der Waals surface area contributed by atoms with Gasteiger partial charge in [-0.3, -0.25) is 4.79 Å². The number of carbonyl (C=O) groups is 1. The summed E-state index contributed by atoms with van der Waals surface area (Å²) in [5.74, 6) is -3.82. The number of halogens is 3. The zero-order valence-corrected chi connectivity index (χ0v) is 15.9. The minimum atomic E-state index is -3.93. The van der Waals surface area contributed by atoms with Crippen molar-refractivity contribution in [2.75, 3.05) is 15.9 Å². The maximum Gasteiger partial charge on any atom is 0.255 e. The zero-order valence-electron chi connectivity index (χ0n) is 15.1. The summed E-state index contributed by atoms with van der Waals surface area (Å²) in [6.07, 6.45) is 0.910. The first-order valence-corrected chi connectivity index (χ1v) is 10.1. The highest BCUT2D eigenvalue weighted by Gasteiger charge is 2.24. The molecule has 0 aliphatic carbocycles. The van der Waals surface area contributed by atoms with Crippen molar-refractivity contribution in [3.05, 3.63) is 89.7 Å². The maximum atomic E-state index is 14.5. The van der Waals surface area contributed by atoms with E-state index in [2.05, 4.69) is 5.32 Å². The first kappa shape index (κ1) is 20.4. The Morgan fingerprint density at radius 3 is 2.14 bits per heavy atom. The Hall–Kier alpha value is -3.33. The number of carbonyl (C=O) groups excluding carboxylic acids is 1. The number of sulfonamides is 1. The SMILES string of the molecule is CS(=O)(=O)N(c1ccccc1)c1cc(C(=O)Nc2ccc(F)c(F)c2)ccc1F. The zero-order chi connectivity index (χ0) is 21.2. The fourth-order valence-electron chi connectivity index (χ4n) is 2.66. The standard InChI is InChI=1S/C20H15F3N2O3S/c1-29(27,28)25(15-5-3-2-4-6-15)19-11-13(7-9-17(19)22)20(26)24-14-8-10-16(21)18(23)12-14/h2-12H,1H3,(H,24,26). The fourth-order valence-corrected chi connectivity index (χ4v) is 3.66. The molecule has 5 nitrogen and oxygen atoms in total. The van der Waals surface area contributed by atoms with Gasteiger partial charge in [-0.05, 0) is 42.5 Å². The normalized spacial score (nSPS) is 11.2. The van der Waals surface area contributed by atoms with E-state index in [-0.39, 0.29) is 22.6 Å². The lowest BCUT2D eigenvalue weighted by atomic mass is 10.1. The molecule has 9 heteroatoms. The second kappa shape index (κ2) is 7.96. The highest BCUT2D eigenvalue weighted by atomic mass is 32.2. The minimum absolute atomic E-state index is 0.0113. The van der Waals surface area contributed by atoms with Gasteiger partial charge >= 0.3 is 0 Å². The third kappa shape index (κ3) is 4.57. The predicted octanol–water partition coefficient (Wildman–Crippen LogP) is 4.45. The van der Waals surface area contributed by atoms with E-state index in [9.17, 15) is 26.4 Å². The van der Waals surface area contributed by atoms with Crippen LogP contribution in [0.4, 0.5) is 30.2 Å². The molecule has 1 N–H and O–H groups in total. The maximum absolute atomic E-state index is 14.5. The van der Waals surface area contributed by atoms with E-state index in [1.165, 1.54) is 12.1 Å². The highest BCUT2D eigenvalue weighted by molar-refractivity contribution is 7.92. The van der Waals surface area contributed by atoms with Crippen molar-refractivity contribution >= 4 is 33.0 Å². The van der Waals surface area contributed by atoms with E-state index in [1.807, 2.05) is 0 Å². The van der Waals surface area contributed by atoms with Crippen LogP contribution in [-0.4, -0.2) is 20.6 Å². The van der Waals surface area contributed by atoms with Crippen LogP contribution in [0.3, 0.4) is 0 Å². The molecule has 0 atom stereocenters. The number of hydrogen-bond donors (Lipinski definition) is 1. The molecule has 3 aromatic rings. The Bertz CT molecular complexity index is 1170. The quantitative estimate of drug-likeness (QED) is 0.663. The number of nitrogens with one attached hydrogen (secondary N) is 1. The van der Waals surface area contributed by atoms with Crippen molar-refractivity contribution in [2.24, 2.45) is 0 Å². The van der Waals surface area contributed by atoms with Crippen molar-refractivity contribution in [1.82, 2.24) is 0 Å². The Balaban J connectivity index is 2.00. The molecule has 0 unspecified atom stereocenters. The Morgan fingerprint density at radius 2 is 1.52 bits per heavy atom. The van der Waals surface area contributed by atoms with Crippen LogP contribution >= 0.6 is 0 Å². The lowest BCUT2D eigenvalue weighted by Gasteiger charge is -2.23. The number of nitrogens with zero attached hydrogens (tertiary/aromatic N) is 1. The van der Waals surface area contributed by atoms with Gasteiger partial charge in [0.05, 0.1) is 17.6 Å². The molecule has 0 bridgehead atoms. The molecule has 0 radical (unpaired) electrons. The summed E-state index contributed by atoms with van der Waals surface area (Å²) < 4.78 is 66.2. The minimum Gasteiger partial charge on any atom is -0.322 e. The van der Waals surface area contributed by atoms with Crippen LogP contribution in [-0.2, 0) is 10.0 Å². The predicted molar refractivity (Wildman–Crippen MR) is 104 cm³/mol. The van der Waals surface area contributed by atoms with E-state index in [4.69, 9.17) is 0 Å². The van der Waals surface area contributed by atoms with Crippen LogP contribution < -0.4 is 9.62 Å². The molecule has 0 spiro atoms. The van der Waals surface area contributed by atoms with Gasteiger partial charge in [0.2, 0.25) is 10.0 Å². The summed E-state index contributed by atoms with van der Waals surface area (Å²) in [6, 6.07) is 13.8. The molecule has 29 heavy (non-hydrogen) atoms. The molecule has 150 valence electrons. The van der Waals surface area contributed by atoms with Gasteiger partial charge in [-0.1, -0.05) is 18.2 Å². The van der Waals surface area contributed by atoms with Gasteiger partial charge in [0.1, 0.15) is 5.82 Å². The van der Waals surface area contributed by atoms with Crippen molar-refractivity contribution in [2.45, 2.75) is 0 Å². The average Bonchev–Trinajstić information content (AvgIpc) is 2.66. The lowest BCUT2D eigenvalue weighted by molar-refractivity contribution is 0.102. The fraction of sp³-hybridized carbons (Fsp3) is 0.0500. The molecule has 0 aliphatic heterocycles. The smallest absolute Gasteiger partial charge is 0.255 e. The van der Waals surface area contributed by atoms with Gasteiger partial charge in [-0.2, -0.15) is 0 Å². The van der Waals surface area contributed by atoms with Gasteiger partial charge in [0.15, 0.2) is 11.6 Å². The summed E-state index contributed by atoms with van der Waals surface area (Å²) >= 11 is 0. The number of anilines is 3. The summed E-state index contributed by atoms with van der Waals surface area (Å²) in [5, 5.41) is 2.35. The first-order valence-electron chi connectivity index (χ1n) is 8.28. The third-order valence-corrected chi connectivity index (χ3v) is 5.00. The van der Waals surface area contributed by atoms with Crippen LogP contribution in [0.25, 0.3) is 0 Å². The molecule has 3 rings (SSSR count). The molecule has 0 aromatic heterocycles. The second-order valence-corrected chi connectivity index (χ2v) is 7.94. The topological polar surface area (TPSA) is 66.5 Å². The van der Waals surface area contributed by atoms with Crippen molar-refractivity contribution in [1.29, 1.82) is 0 Å². The molecule has 0 aliphatic rings. The average molecular weight is 420 g/mol. The van der Waals surface area contributed by atoms with E-state index < -0.39 is 33.4 Å². The van der Waals surface area contributed by atoms with Crippen LogP contribution in [0, 0.1) is 17.5 Å². The Morgan fingerprint density at radius 1 is 0.862 bits per heavy atom. The lowest BCUT2D eigenvalue weighted by Crippen LogP contribution is -2.26. The summed E-state index contributed by atoms with van der Waals surface area (Å²) in [4.78, 5) is 12.5. The number of hydrogen-bond acceptors (Lipinski definition) is 3. The summed E-state index contributed by atoms with van der Waals surface area (Å²) in [6.45, 7) is 0. The highest BCUT2D eigenvalue weighted by Crippen LogP contribution is 2.31. The molecule has 0 saturated carbocycles. The van der Waals surface area contributed by atoms with Crippen LogP contribution in [0.2, 0.25) is 0 Å². The van der Waals surface area contributed by atoms with Crippen LogP contribution in [0.1, 0.15) is 10.4 Å². The molecule has 1 amide bonds. The summed E-state index contributed by atoms with van der Waals surface area (Å²) in [7, 11) is -3.93. The van der Waals surface area contributed by atoms with Gasteiger partial charge in [0.25, 0.3) is 5.91 Å². The molecular weight excluding hydrogens is 405 g/mol. The van der Waals surface area contributed by atoms with Crippen molar-refractivity contribution in [3.8, 4) is 0 Å². The molecular formula is C20H15F3N2O3S. The van der Waals surface area contributed by atoms with Crippen molar-refractivity contribution < 1.29 is 26.4 Å². The molecule has 0 heterocycles. The number of amides is 1. The monoisotopic (exact) mass is 420 g/mol. The van der Waals surface area contributed by atoms with Crippen LogP contribution in [0.15, 0.2) is 66.7 Å². The largest absolute Gasteiger partial charge is 0.322 e. The molecule has 0 saturated heterocycles. The van der Waals surface area contributed by atoms with Crippen LogP contribution in [0.5, 0.6) is 0 Å². The second-order valence-electron chi connectivity index (χ2n) is 6.11. The third-order valence-electron chi connectivity index (χ3n) is 3.93. The van der Waals surface area contributed by atoms with E-state index in [1.54, 1.807) is 18.2 Å². The van der Waals surface area contributed by atoms with E-state index in [0.717, 1.165) is 47.0 Å². The van der Waals surface area contributed by atoms with Gasteiger partial charge in [-0.15, -0.1) is 0 Å². The summed E-state index contributed by atoms with van der Waals surface area (Å²) in [5.41, 5.74) is -0.248. The first-order chi connectivity index (χ1) is 13.7. The van der Waals surface area contributed by atoms with E-state index in [0.29, 0.717) is 0 Å². The Kier molecular flexibility index (Phi) is 5.60.